The van der Waals surface area contributed by atoms with Crippen molar-refractivity contribution in [1.82, 2.24) is 19.7 Å². The Labute approximate surface area is 110 Å². The Kier molecular flexibility index (Phi) is 2.52. The van der Waals surface area contributed by atoms with E-state index >= 15 is 0 Å². The predicted octanol–water partition coefficient (Wildman–Crippen LogP) is 2.39. The van der Waals surface area contributed by atoms with Gasteiger partial charge in [0.05, 0.1) is 16.4 Å². The first kappa shape index (κ1) is 11.5. The van der Waals surface area contributed by atoms with Crippen LogP contribution in [-0.4, -0.2) is 19.7 Å². The van der Waals surface area contributed by atoms with Crippen LogP contribution in [0.4, 0.5) is 5.82 Å². The zero-order chi connectivity index (χ0) is 12.9. The Hall–Kier alpha value is -1.62. The van der Waals surface area contributed by atoms with Gasteiger partial charge in [-0.1, -0.05) is 11.6 Å². The standard InChI is InChI=1S/C12H14ClN5/c1-6-11(13)7(2)18(17-6)10-5-9(14)15-12(16-10)8-3-4-8/h5,8H,3-4H2,1-2H3,(H2,14,15,16). The van der Waals surface area contributed by atoms with Crippen LogP contribution in [0.5, 0.6) is 0 Å². The number of aryl methyl sites for hydroxylation is 1. The molecule has 1 saturated carbocycles. The minimum absolute atomic E-state index is 0.458. The van der Waals surface area contributed by atoms with Crippen molar-refractivity contribution in [1.29, 1.82) is 0 Å². The van der Waals surface area contributed by atoms with Crippen molar-refractivity contribution in [3.63, 3.8) is 0 Å². The second-order valence-electron chi connectivity index (χ2n) is 4.68. The van der Waals surface area contributed by atoms with Crippen molar-refractivity contribution < 1.29 is 0 Å². The van der Waals surface area contributed by atoms with Crippen molar-refractivity contribution in [3.8, 4) is 5.82 Å². The van der Waals surface area contributed by atoms with E-state index in [0.29, 0.717) is 22.6 Å². The smallest absolute Gasteiger partial charge is 0.159 e. The zero-order valence-electron chi connectivity index (χ0n) is 10.3. The van der Waals surface area contributed by atoms with Crippen LogP contribution in [0.3, 0.4) is 0 Å². The summed E-state index contributed by atoms with van der Waals surface area (Å²) in [6.45, 7) is 3.79. The third-order valence-electron chi connectivity index (χ3n) is 3.11. The highest BCUT2D eigenvalue weighted by atomic mass is 35.5. The Morgan fingerprint density at radius 1 is 1.33 bits per heavy atom. The fourth-order valence-corrected chi connectivity index (χ4v) is 2.07. The number of anilines is 1. The molecule has 94 valence electrons. The monoisotopic (exact) mass is 263 g/mol. The molecule has 0 aliphatic heterocycles. The molecule has 5 nitrogen and oxygen atoms in total. The first-order chi connectivity index (χ1) is 8.56. The average Bonchev–Trinajstić information content (AvgIpc) is 3.13. The molecule has 1 aliphatic rings. The molecule has 0 unspecified atom stereocenters. The molecule has 1 aliphatic carbocycles. The van der Waals surface area contributed by atoms with Crippen LogP contribution in [0.25, 0.3) is 5.82 Å². The molecule has 6 heteroatoms. The number of halogens is 1. The van der Waals surface area contributed by atoms with Crippen molar-refractivity contribution in [2.24, 2.45) is 0 Å². The molecular formula is C12H14ClN5. The van der Waals surface area contributed by atoms with Crippen LogP contribution >= 0.6 is 11.6 Å². The van der Waals surface area contributed by atoms with Crippen LogP contribution in [0.15, 0.2) is 6.07 Å². The summed E-state index contributed by atoms with van der Waals surface area (Å²) in [4.78, 5) is 8.80. The molecule has 2 aromatic rings. The van der Waals surface area contributed by atoms with Crippen molar-refractivity contribution in [2.75, 3.05) is 5.73 Å². The molecule has 0 atom stereocenters. The van der Waals surface area contributed by atoms with Gasteiger partial charge in [0, 0.05) is 12.0 Å². The number of nitrogens with two attached hydrogens (primary N) is 1. The van der Waals surface area contributed by atoms with Gasteiger partial charge < -0.3 is 5.73 Å². The Bertz CT molecular complexity index is 615. The van der Waals surface area contributed by atoms with Gasteiger partial charge in [0.15, 0.2) is 5.82 Å². The molecule has 2 heterocycles. The molecule has 2 aromatic heterocycles. The van der Waals surface area contributed by atoms with Crippen molar-refractivity contribution in [2.45, 2.75) is 32.6 Å². The van der Waals surface area contributed by atoms with E-state index in [-0.39, 0.29) is 0 Å². The summed E-state index contributed by atoms with van der Waals surface area (Å²) in [7, 11) is 0. The second-order valence-corrected chi connectivity index (χ2v) is 5.06. The molecule has 3 rings (SSSR count). The number of nitrogen functional groups attached to an aromatic ring is 1. The normalized spacial score (nSPS) is 15.1. The van der Waals surface area contributed by atoms with Crippen LogP contribution in [0.1, 0.15) is 36.0 Å². The van der Waals surface area contributed by atoms with Gasteiger partial charge in [0.25, 0.3) is 0 Å². The zero-order valence-corrected chi connectivity index (χ0v) is 11.1. The van der Waals surface area contributed by atoms with Gasteiger partial charge in [-0.2, -0.15) is 5.10 Å². The van der Waals surface area contributed by atoms with Crippen LogP contribution < -0.4 is 5.73 Å². The number of hydrogen-bond acceptors (Lipinski definition) is 4. The SMILES string of the molecule is Cc1nn(-c2cc(N)nc(C3CC3)n2)c(C)c1Cl. The summed E-state index contributed by atoms with van der Waals surface area (Å²) in [5, 5.41) is 5.05. The maximum absolute atomic E-state index is 6.14. The highest BCUT2D eigenvalue weighted by molar-refractivity contribution is 6.31. The first-order valence-corrected chi connectivity index (χ1v) is 6.30. The van der Waals surface area contributed by atoms with Crippen molar-refractivity contribution in [3.05, 3.63) is 28.3 Å². The fourth-order valence-electron chi connectivity index (χ4n) is 1.95. The van der Waals surface area contributed by atoms with Crippen LogP contribution in [-0.2, 0) is 0 Å². The molecule has 2 N–H and O–H groups in total. The fraction of sp³-hybridized carbons (Fsp3) is 0.417. The number of hydrogen-bond donors (Lipinski definition) is 1. The van der Waals surface area contributed by atoms with E-state index in [2.05, 4.69) is 15.1 Å². The van der Waals surface area contributed by atoms with E-state index in [9.17, 15) is 0 Å². The van der Waals surface area contributed by atoms with Gasteiger partial charge in [-0.25, -0.2) is 14.6 Å². The van der Waals surface area contributed by atoms with Crippen LogP contribution in [0, 0.1) is 13.8 Å². The van der Waals surface area contributed by atoms with Gasteiger partial charge in [-0.3, -0.25) is 0 Å². The molecule has 0 spiro atoms. The van der Waals surface area contributed by atoms with Crippen molar-refractivity contribution >= 4 is 17.4 Å². The lowest BCUT2D eigenvalue weighted by molar-refractivity contribution is 0.782. The third kappa shape index (κ3) is 1.84. The topological polar surface area (TPSA) is 69.6 Å². The van der Waals surface area contributed by atoms with Gasteiger partial charge >= 0.3 is 0 Å². The molecule has 0 bridgehead atoms. The van der Waals surface area contributed by atoms with Gasteiger partial charge in [0.1, 0.15) is 11.6 Å². The molecule has 0 aromatic carbocycles. The Morgan fingerprint density at radius 3 is 2.61 bits per heavy atom. The molecule has 18 heavy (non-hydrogen) atoms. The quantitative estimate of drug-likeness (QED) is 0.903. The lowest BCUT2D eigenvalue weighted by Gasteiger charge is -2.06. The lowest BCUT2D eigenvalue weighted by Crippen LogP contribution is -2.07. The first-order valence-electron chi connectivity index (χ1n) is 5.93. The minimum Gasteiger partial charge on any atom is -0.384 e. The summed E-state index contributed by atoms with van der Waals surface area (Å²) >= 11 is 6.14. The van der Waals surface area contributed by atoms with Gasteiger partial charge in [-0.05, 0) is 26.7 Å². The molecule has 0 radical (unpaired) electrons. The molecule has 0 saturated heterocycles. The van der Waals surface area contributed by atoms with Gasteiger partial charge in [-0.15, -0.1) is 0 Å². The molecule has 0 amide bonds. The highest BCUT2D eigenvalue weighted by Gasteiger charge is 2.27. The molecule has 1 fully saturated rings. The predicted molar refractivity (Wildman–Crippen MR) is 70.0 cm³/mol. The maximum atomic E-state index is 6.14. The van der Waals surface area contributed by atoms with E-state index in [1.54, 1.807) is 10.7 Å². The summed E-state index contributed by atoms with van der Waals surface area (Å²) in [6, 6.07) is 1.72. The van der Waals surface area contributed by atoms with E-state index in [1.807, 2.05) is 13.8 Å². The van der Waals surface area contributed by atoms with E-state index in [1.165, 1.54) is 0 Å². The Balaban J connectivity index is 2.12. The highest BCUT2D eigenvalue weighted by Crippen LogP contribution is 2.38. The summed E-state index contributed by atoms with van der Waals surface area (Å²) in [5.41, 5.74) is 7.49. The lowest BCUT2D eigenvalue weighted by atomic mass is 10.3. The minimum atomic E-state index is 0.458. The largest absolute Gasteiger partial charge is 0.384 e. The summed E-state index contributed by atoms with van der Waals surface area (Å²) in [5.74, 6) is 2.44. The number of nitrogens with zero attached hydrogens (tertiary/aromatic N) is 4. The van der Waals surface area contributed by atoms with E-state index in [0.717, 1.165) is 30.1 Å². The Morgan fingerprint density at radius 2 is 2.06 bits per heavy atom. The third-order valence-corrected chi connectivity index (χ3v) is 3.66. The number of aromatic nitrogens is 4. The average molecular weight is 264 g/mol. The number of rotatable bonds is 2. The molecular weight excluding hydrogens is 250 g/mol. The summed E-state index contributed by atoms with van der Waals surface area (Å²) < 4.78 is 1.72. The summed E-state index contributed by atoms with van der Waals surface area (Å²) in [6.07, 6.45) is 2.28. The second kappa shape index (κ2) is 3.95. The van der Waals surface area contributed by atoms with E-state index < -0.39 is 0 Å². The van der Waals surface area contributed by atoms with Crippen LogP contribution in [0.2, 0.25) is 5.02 Å². The van der Waals surface area contributed by atoms with Gasteiger partial charge in [0.2, 0.25) is 0 Å². The van der Waals surface area contributed by atoms with E-state index in [4.69, 9.17) is 17.3 Å². The maximum Gasteiger partial charge on any atom is 0.159 e.